The summed E-state index contributed by atoms with van der Waals surface area (Å²) >= 11 is 1.37. The quantitative estimate of drug-likeness (QED) is 0.176. The first-order chi connectivity index (χ1) is 20.6. The molecule has 1 spiro atoms. The fourth-order valence-corrected chi connectivity index (χ4v) is 8.02. The topological polar surface area (TPSA) is 66.5 Å². The number of amides is 1. The van der Waals surface area contributed by atoms with Gasteiger partial charge in [0.15, 0.2) is 11.6 Å². The van der Waals surface area contributed by atoms with Gasteiger partial charge in [-0.15, -0.1) is 11.3 Å². The SMILES string of the molecule is CCCCCc1ccc(C(=O)[C@@H]2[C@H](C(=O)c3cccs3)N3C=Cc4ccccc4[C@@H]3[C@@]23C(=O)Nc2ccccc23)cc1. The Hall–Kier alpha value is -4.29. The molecule has 1 amide bonds. The summed E-state index contributed by atoms with van der Waals surface area (Å²) in [7, 11) is 0. The molecule has 6 heteroatoms. The molecule has 4 aromatic rings. The first-order valence-corrected chi connectivity index (χ1v) is 15.6. The molecule has 1 fully saturated rings. The van der Waals surface area contributed by atoms with Gasteiger partial charge in [-0.1, -0.05) is 92.6 Å². The summed E-state index contributed by atoms with van der Waals surface area (Å²) < 4.78 is 0. The Labute approximate surface area is 249 Å². The predicted octanol–water partition coefficient (Wildman–Crippen LogP) is 7.46. The number of aryl methyl sites for hydroxylation is 1. The van der Waals surface area contributed by atoms with Crippen LogP contribution < -0.4 is 5.32 Å². The maximum atomic E-state index is 14.9. The van der Waals surface area contributed by atoms with Crippen LogP contribution in [0.1, 0.15) is 74.5 Å². The van der Waals surface area contributed by atoms with Crippen molar-refractivity contribution in [1.29, 1.82) is 0 Å². The van der Waals surface area contributed by atoms with Gasteiger partial charge in [0, 0.05) is 17.5 Å². The minimum absolute atomic E-state index is 0.136. The van der Waals surface area contributed by atoms with E-state index in [4.69, 9.17) is 0 Å². The predicted molar refractivity (Wildman–Crippen MR) is 167 cm³/mol. The highest BCUT2D eigenvalue weighted by atomic mass is 32.1. The van der Waals surface area contributed by atoms with Crippen molar-refractivity contribution < 1.29 is 14.4 Å². The summed E-state index contributed by atoms with van der Waals surface area (Å²) in [4.78, 5) is 46.4. The zero-order valence-corrected chi connectivity index (χ0v) is 24.3. The zero-order chi connectivity index (χ0) is 28.8. The molecule has 210 valence electrons. The molecular formula is C36H32N2O3S. The molecule has 1 aromatic heterocycles. The lowest BCUT2D eigenvalue weighted by atomic mass is 9.62. The number of nitrogens with one attached hydrogen (secondary N) is 1. The Balaban J connectivity index is 1.44. The van der Waals surface area contributed by atoms with Gasteiger partial charge in [0.1, 0.15) is 11.5 Å². The van der Waals surface area contributed by atoms with Gasteiger partial charge in [-0.25, -0.2) is 0 Å². The number of carbonyl (C=O) groups is 3. The van der Waals surface area contributed by atoms with Crippen LogP contribution in [0.3, 0.4) is 0 Å². The van der Waals surface area contributed by atoms with Crippen molar-refractivity contribution in [2.45, 2.75) is 50.1 Å². The highest BCUT2D eigenvalue weighted by Gasteiger charge is 2.70. The lowest BCUT2D eigenvalue weighted by Gasteiger charge is -2.38. The molecule has 4 atom stereocenters. The Bertz CT molecular complexity index is 1710. The van der Waals surface area contributed by atoms with Crippen LogP contribution in [-0.2, 0) is 16.6 Å². The van der Waals surface area contributed by atoms with Crippen LogP contribution in [0.4, 0.5) is 5.69 Å². The van der Waals surface area contributed by atoms with E-state index in [0.29, 0.717) is 16.1 Å². The number of rotatable bonds is 8. The molecule has 3 aliphatic rings. The number of hydrogen-bond donors (Lipinski definition) is 1. The van der Waals surface area contributed by atoms with Crippen LogP contribution in [0.25, 0.3) is 6.08 Å². The number of carbonyl (C=O) groups excluding carboxylic acids is 3. The number of nitrogens with zero attached hydrogens (tertiary/aromatic N) is 1. The molecule has 3 aliphatic heterocycles. The van der Waals surface area contributed by atoms with E-state index in [9.17, 15) is 14.4 Å². The van der Waals surface area contributed by atoms with Crippen LogP contribution in [0, 0.1) is 5.92 Å². The van der Waals surface area contributed by atoms with Crippen molar-refractivity contribution in [2.24, 2.45) is 5.92 Å². The van der Waals surface area contributed by atoms with Crippen molar-refractivity contribution in [3.63, 3.8) is 0 Å². The molecule has 0 aliphatic carbocycles. The monoisotopic (exact) mass is 572 g/mol. The van der Waals surface area contributed by atoms with Gasteiger partial charge in [-0.05, 0) is 58.7 Å². The van der Waals surface area contributed by atoms with E-state index >= 15 is 0 Å². The maximum absolute atomic E-state index is 14.9. The second-order valence-corrected chi connectivity index (χ2v) is 12.4. The van der Waals surface area contributed by atoms with E-state index < -0.39 is 23.4 Å². The molecule has 1 N–H and O–H groups in total. The molecule has 0 unspecified atom stereocenters. The fourth-order valence-electron chi connectivity index (χ4n) is 7.33. The molecule has 0 bridgehead atoms. The number of fused-ring (bicyclic) bond motifs is 6. The first kappa shape index (κ1) is 26.6. The minimum Gasteiger partial charge on any atom is -0.358 e. The second-order valence-electron chi connectivity index (χ2n) is 11.4. The number of hydrogen-bond acceptors (Lipinski definition) is 5. The molecule has 4 heterocycles. The zero-order valence-electron chi connectivity index (χ0n) is 23.5. The van der Waals surface area contributed by atoms with Gasteiger partial charge >= 0.3 is 0 Å². The van der Waals surface area contributed by atoms with Crippen molar-refractivity contribution in [1.82, 2.24) is 4.90 Å². The van der Waals surface area contributed by atoms with Gasteiger partial charge in [0.2, 0.25) is 5.91 Å². The molecular weight excluding hydrogens is 540 g/mol. The van der Waals surface area contributed by atoms with Crippen molar-refractivity contribution >= 4 is 40.6 Å². The summed E-state index contributed by atoms with van der Waals surface area (Å²) in [5.41, 5.74) is 3.81. The fraction of sp³-hybridized carbons (Fsp3) is 0.250. The molecule has 1 saturated heterocycles. The lowest BCUT2D eigenvalue weighted by molar-refractivity contribution is -0.122. The van der Waals surface area contributed by atoms with Crippen molar-refractivity contribution in [3.8, 4) is 0 Å². The Morgan fingerprint density at radius 1 is 0.905 bits per heavy atom. The Morgan fingerprint density at radius 2 is 1.69 bits per heavy atom. The van der Waals surface area contributed by atoms with E-state index in [-0.39, 0.29) is 17.5 Å². The average Bonchev–Trinajstić information content (AvgIpc) is 3.74. The van der Waals surface area contributed by atoms with Crippen LogP contribution in [0.5, 0.6) is 0 Å². The number of unbranched alkanes of at least 4 members (excludes halogenated alkanes) is 2. The van der Waals surface area contributed by atoms with Gasteiger partial charge in [-0.3, -0.25) is 14.4 Å². The average molecular weight is 573 g/mol. The van der Waals surface area contributed by atoms with E-state index in [0.717, 1.165) is 36.0 Å². The summed E-state index contributed by atoms with van der Waals surface area (Å²) in [6.07, 6.45) is 8.29. The summed E-state index contributed by atoms with van der Waals surface area (Å²) in [5.74, 6) is -1.50. The normalized spacial score (nSPS) is 23.4. The first-order valence-electron chi connectivity index (χ1n) is 14.7. The Morgan fingerprint density at radius 3 is 2.48 bits per heavy atom. The van der Waals surface area contributed by atoms with Crippen LogP contribution in [-0.4, -0.2) is 28.4 Å². The van der Waals surface area contributed by atoms with Gasteiger partial charge in [0.25, 0.3) is 0 Å². The van der Waals surface area contributed by atoms with Crippen LogP contribution >= 0.6 is 11.3 Å². The number of benzene rings is 3. The smallest absolute Gasteiger partial charge is 0.238 e. The Kier molecular flexibility index (Phi) is 6.66. The third-order valence-corrected chi connectivity index (χ3v) is 10.1. The molecule has 42 heavy (non-hydrogen) atoms. The lowest BCUT2D eigenvalue weighted by Crippen LogP contribution is -2.49. The second kappa shape index (κ2) is 10.5. The summed E-state index contributed by atoms with van der Waals surface area (Å²) in [6, 6.07) is 25.7. The van der Waals surface area contributed by atoms with Crippen molar-refractivity contribution in [2.75, 3.05) is 5.32 Å². The van der Waals surface area contributed by atoms with Gasteiger partial charge < -0.3 is 10.2 Å². The van der Waals surface area contributed by atoms with E-state index in [1.165, 1.54) is 23.3 Å². The number of anilines is 1. The van der Waals surface area contributed by atoms with E-state index in [2.05, 4.69) is 12.2 Å². The summed E-state index contributed by atoms with van der Waals surface area (Å²) in [5, 5.41) is 4.99. The standard InChI is InChI=1S/C36H32N2O3S/c1-2-3-4-10-23-16-18-25(19-17-23)32(39)30-31(33(40)29-15-9-22-42-29)38-21-20-24-11-5-6-12-26(24)34(38)36(30)27-13-7-8-14-28(27)37-35(36)41/h5-9,11-22,30-31,34H,2-4,10H2,1H3,(H,37,41)/t30-,31+,34+,36-/m0/s1. The van der Waals surface area contributed by atoms with Gasteiger partial charge in [0.05, 0.1) is 16.8 Å². The van der Waals surface area contributed by atoms with Crippen molar-refractivity contribution in [3.05, 3.63) is 129 Å². The molecule has 3 aromatic carbocycles. The summed E-state index contributed by atoms with van der Waals surface area (Å²) in [6.45, 7) is 2.19. The third-order valence-electron chi connectivity index (χ3n) is 9.19. The molecule has 5 nitrogen and oxygen atoms in total. The number of ketones is 2. The highest BCUT2D eigenvalue weighted by molar-refractivity contribution is 7.12. The number of Topliss-reactive ketones (excluding diaryl/α,β-unsaturated/α-hetero) is 2. The van der Waals surface area contributed by atoms with Gasteiger partial charge in [-0.2, -0.15) is 0 Å². The van der Waals surface area contributed by atoms with E-state index in [1.807, 2.05) is 107 Å². The highest BCUT2D eigenvalue weighted by Crippen LogP contribution is 2.62. The number of para-hydroxylation sites is 1. The third kappa shape index (κ3) is 3.92. The largest absolute Gasteiger partial charge is 0.358 e. The van der Waals surface area contributed by atoms with Crippen LogP contribution in [0.2, 0.25) is 0 Å². The minimum atomic E-state index is -1.30. The van der Waals surface area contributed by atoms with E-state index in [1.54, 1.807) is 0 Å². The number of thiophene rings is 1. The molecule has 7 rings (SSSR count). The van der Waals surface area contributed by atoms with Crippen LogP contribution in [0.15, 0.2) is 96.5 Å². The molecule has 0 radical (unpaired) electrons. The maximum Gasteiger partial charge on any atom is 0.238 e. The molecule has 0 saturated carbocycles.